The van der Waals surface area contributed by atoms with Crippen LogP contribution in [-0.4, -0.2) is 43.7 Å². The SMILES string of the molecule is NCCc1c(F)cccc1N1CCC(N2CCCC2)C1. The molecule has 1 unspecified atom stereocenters. The Morgan fingerprint density at radius 2 is 2.00 bits per heavy atom. The van der Waals surface area contributed by atoms with E-state index >= 15 is 0 Å². The van der Waals surface area contributed by atoms with Gasteiger partial charge in [-0.05, 0) is 57.5 Å². The molecule has 4 heteroatoms. The van der Waals surface area contributed by atoms with E-state index in [0.717, 1.165) is 24.3 Å². The number of hydrogen-bond donors (Lipinski definition) is 1. The maximum absolute atomic E-state index is 14.0. The van der Waals surface area contributed by atoms with E-state index < -0.39 is 0 Å². The van der Waals surface area contributed by atoms with Gasteiger partial charge in [0.2, 0.25) is 0 Å². The van der Waals surface area contributed by atoms with Crippen LogP contribution in [0.1, 0.15) is 24.8 Å². The number of anilines is 1. The Balaban J connectivity index is 1.75. The van der Waals surface area contributed by atoms with Crippen LogP contribution in [0, 0.1) is 5.82 Å². The highest BCUT2D eigenvalue weighted by atomic mass is 19.1. The van der Waals surface area contributed by atoms with Gasteiger partial charge in [0.25, 0.3) is 0 Å². The molecule has 0 aromatic heterocycles. The van der Waals surface area contributed by atoms with E-state index in [0.29, 0.717) is 19.0 Å². The molecule has 110 valence electrons. The summed E-state index contributed by atoms with van der Waals surface area (Å²) in [7, 11) is 0. The molecule has 1 atom stereocenters. The maximum atomic E-state index is 14.0. The van der Waals surface area contributed by atoms with Crippen molar-refractivity contribution >= 4 is 5.69 Å². The van der Waals surface area contributed by atoms with Crippen LogP contribution in [0.3, 0.4) is 0 Å². The van der Waals surface area contributed by atoms with E-state index in [4.69, 9.17) is 5.73 Å². The Hall–Kier alpha value is -1.13. The molecule has 0 amide bonds. The van der Waals surface area contributed by atoms with E-state index in [-0.39, 0.29) is 5.82 Å². The van der Waals surface area contributed by atoms with Gasteiger partial charge in [-0.3, -0.25) is 4.90 Å². The smallest absolute Gasteiger partial charge is 0.128 e. The fourth-order valence-corrected chi connectivity index (χ4v) is 3.60. The summed E-state index contributed by atoms with van der Waals surface area (Å²) in [6.07, 6.45) is 4.47. The van der Waals surface area contributed by atoms with Gasteiger partial charge in [-0.25, -0.2) is 4.39 Å². The van der Waals surface area contributed by atoms with Crippen LogP contribution in [0.2, 0.25) is 0 Å². The second-order valence-electron chi connectivity index (χ2n) is 5.91. The highest BCUT2D eigenvalue weighted by Gasteiger charge is 2.30. The molecule has 1 aromatic carbocycles. The maximum Gasteiger partial charge on any atom is 0.128 e. The minimum Gasteiger partial charge on any atom is -0.370 e. The van der Waals surface area contributed by atoms with Gasteiger partial charge in [0.1, 0.15) is 5.82 Å². The summed E-state index contributed by atoms with van der Waals surface area (Å²) < 4.78 is 14.0. The normalized spacial score (nSPS) is 23.7. The lowest BCUT2D eigenvalue weighted by Gasteiger charge is -2.26. The van der Waals surface area contributed by atoms with Crippen LogP contribution in [0.5, 0.6) is 0 Å². The van der Waals surface area contributed by atoms with Crippen molar-refractivity contribution in [3.63, 3.8) is 0 Å². The summed E-state index contributed by atoms with van der Waals surface area (Å²) in [6, 6.07) is 6.04. The zero-order valence-electron chi connectivity index (χ0n) is 12.0. The summed E-state index contributed by atoms with van der Waals surface area (Å²) in [6.45, 7) is 5.02. The molecule has 1 aromatic rings. The fraction of sp³-hybridized carbons (Fsp3) is 0.625. The molecule has 3 nitrogen and oxygen atoms in total. The lowest BCUT2D eigenvalue weighted by atomic mass is 10.1. The first kappa shape index (κ1) is 13.8. The van der Waals surface area contributed by atoms with Crippen molar-refractivity contribution in [1.82, 2.24) is 4.90 Å². The molecule has 0 radical (unpaired) electrons. The molecular formula is C16H24FN3. The van der Waals surface area contributed by atoms with Gasteiger partial charge in [0.05, 0.1) is 0 Å². The van der Waals surface area contributed by atoms with E-state index in [1.807, 2.05) is 12.1 Å². The zero-order valence-corrected chi connectivity index (χ0v) is 12.0. The fourth-order valence-electron chi connectivity index (χ4n) is 3.60. The number of nitrogens with two attached hydrogens (primary N) is 1. The van der Waals surface area contributed by atoms with Gasteiger partial charge in [0.15, 0.2) is 0 Å². The van der Waals surface area contributed by atoms with Gasteiger partial charge >= 0.3 is 0 Å². The topological polar surface area (TPSA) is 32.5 Å². The number of hydrogen-bond acceptors (Lipinski definition) is 3. The van der Waals surface area contributed by atoms with Crippen LogP contribution in [0.4, 0.5) is 10.1 Å². The third-order valence-electron chi connectivity index (χ3n) is 4.65. The Labute approximate surface area is 120 Å². The molecule has 0 bridgehead atoms. The van der Waals surface area contributed by atoms with E-state index in [9.17, 15) is 4.39 Å². The quantitative estimate of drug-likeness (QED) is 0.913. The molecule has 2 aliphatic heterocycles. The van der Waals surface area contributed by atoms with Crippen LogP contribution in [0.25, 0.3) is 0 Å². The van der Waals surface area contributed by atoms with Gasteiger partial charge in [-0.1, -0.05) is 6.07 Å². The van der Waals surface area contributed by atoms with Crippen molar-refractivity contribution in [2.75, 3.05) is 37.6 Å². The Bertz CT molecular complexity index is 457. The summed E-state index contributed by atoms with van der Waals surface area (Å²) in [4.78, 5) is 4.94. The summed E-state index contributed by atoms with van der Waals surface area (Å²) in [5.74, 6) is -0.113. The summed E-state index contributed by atoms with van der Waals surface area (Å²) in [5.41, 5.74) is 7.47. The number of benzene rings is 1. The predicted octanol–water partition coefficient (Wildman–Crippen LogP) is 2.00. The Morgan fingerprint density at radius 1 is 1.20 bits per heavy atom. The first-order valence-corrected chi connectivity index (χ1v) is 7.76. The molecule has 20 heavy (non-hydrogen) atoms. The van der Waals surface area contributed by atoms with Gasteiger partial charge < -0.3 is 10.6 Å². The average Bonchev–Trinajstić information content (AvgIpc) is 3.11. The van der Waals surface area contributed by atoms with Crippen LogP contribution in [-0.2, 0) is 6.42 Å². The Morgan fingerprint density at radius 3 is 2.75 bits per heavy atom. The molecule has 2 fully saturated rings. The van der Waals surface area contributed by atoms with Crippen LogP contribution < -0.4 is 10.6 Å². The molecular weight excluding hydrogens is 253 g/mol. The van der Waals surface area contributed by atoms with Crippen LogP contribution >= 0.6 is 0 Å². The van der Waals surface area contributed by atoms with Crippen molar-refractivity contribution in [3.8, 4) is 0 Å². The molecule has 3 rings (SSSR count). The molecule has 2 saturated heterocycles. The van der Waals surface area contributed by atoms with Gasteiger partial charge in [-0.15, -0.1) is 0 Å². The van der Waals surface area contributed by atoms with E-state index in [1.165, 1.54) is 32.4 Å². The van der Waals surface area contributed by atoms with Crippen LogP contribution in [0.15, 0.2) is 18.2 Å². The molecule has 0 spiro atoms. The highest BCUT2D eigenvalue weighted by Crippen LogP contribution is 2.29. The first-order chi connectivity index (χ1) is 9.79. The standard InChI is InChI=1S/C16H24FN3/c17-15-4-3-5-16(14(15)6-8-18)20-11-7-13(12-20)19-9-1-2-10-19/h3-5,13H,1-2,6-12,18H2. The summed E-state index contributed by atoms with van der Waals surface area (Å²) >= 11 is 0. The number of likely N-dealkylation sites (tertiary alicyclic amines) is 1. The predicted molar refractivity (Wildman–Crippen MR) is 80.6 cm³/mol. The number of rotatable bonds is 4. The molecule has 0 aliphatic carbocycles. The Kier molecular flexibility index (Phi) is 4.22. The monoisotopic (exact) mass is 277 g/mol. The number of nitrogens with zero attached hydrogens (tertiary/aromatic N) is 2. The van der Waals surface area contributed by atoms with E-state index in [2.05, 4.69) is 9.80 Å². The minimum atomic E-state index is -0.113. The van der Waals surface area contributed by atoms with Crippen molar-refractivity contribution in [2.24, 2.45) is 5.73 Å². The molecule has 2 aliphatic rings. The van der Waals surface area contributed by atoms with E-state index in [1.54, 1.807) is 6.07 Å². The second-order valence-corrected chi connectivity index (χ2v) is 5.91. The molecule has 0 saturated carbocycles. The van der Waals surface area contributed by atoms with Gasteiger partial charge in [-0.2, -0.15) is 0 Å². The second kappa shape index (κ2) is 6.10. The highest BCUT2D eigenvalue weighted by molar-refractivity contribution is 5.55. The largest absolute Gasteiger partial charge is 0.370 e. The molecule has 2 N–H and O–H groups in total. The zero-order chi connectivity index (χ0) is 13.9. The summed E-state index contributed by atoms with van der Waals surface area (Å²) in [5, 5.41) is 0. The first-order valence-electron chi connectivity index (χ1n) is 7.76. The van der Waals surface area contributed by atoms with Crippen molar-refractivity contribution in [1.29, 1.82) is 0 Å². The lowest BCUT2D eigenvalue weighted by molar-refractivity contribution is 0.260. The average molecular weight is 277 g/mol. The number of halogens is 1. The van der Waals surface area contributed by atoms with Crippen molar-refractivity contribution < 1.29 is 4.39 Å². The van der Waals surface area contributed by atoms with Gasteiger partial charge in [0, 0.05) is 30.4 Å². The third-order valence-corrected chi connectivity index (χ3v) is 4.65. The molecule has 2 heterocycles. The minimum absolute atomic E-state index is 0.113. The van der Waals surface area contributed by atoms with Crippen molar-refractivity contribution in [3.05, 3.63) is 29.6 Å². The van der Waals surface area contributed by atoms with Crippen molar-refractivity contribution in [2.45, 2.75) is 31.7 Å². The lowest BCUT2D eigenvalue weighted by Crippen LogP contribution is -2.35. The third kappa shape index (κ3) is 2.67.